The topological polar surface area (TPSA) is 51.8 Å². The highest BCUT2D eigenvalue weighted by Crippen LogP contribution is 2.31. The van der Waals surface area contributed by atoms with Crippen LogP contribution in [0.15, 0.2) is 114 Å². The van der Waals surface area contributed by atoms with Crippen LogP contribution in [0, 0.1) is 0 Å². The van der Waals surface area contributed by atoms with Gasteiger partial charge in [0, 0.05) is 27.5 Å². The Morgan fingerprint density at radius 3 is 1.08 bits per heavy atom. The molecule has 0 aliphatic heterocycles. The number of furan rings is 1. The number of hydrogen-bond acceptors (Lipinski definition) is 4. The third-order valence-corrected chi connectivity index (χ3v) is 10.9. The van der Waals surface area contributed by atoms with Gasteiger partial charge >= 0.3 is 0 Å². The molecule has 0 atom stereocenters. The minimum Gasteiger partial charge on any atom is -0.457 e. The van der Waals surface area contributed by atoms with Crippen molar-refractivity contribution in [3.63, 3.8) is 0 Å². The number of aromatic nitrogens is 3. The van der Waals surface area contributed by atoms with E-state index in [1.165, 1.54) is 0 Å². The fourth-order valence-electron chi connectivity index (χ4n) is 7.64. The molecule has 2 heterocycles. The molecule has 9 rings (SSSR count). The molecule has 60 heavy (non-hydrogen) atoms. The zero-order valence-electron chi connectivity index (χ0n) is 32.0. The van der Waals surface area contributed by atoms with E-state index in [0.717, 1.165) is 33.4 Å². The van der Waals surface area contributed by atoms with Crippen LogP contribution < -0.4 is 60.1 Å². The number of rotatable bonds is 6. The van der Waals surface area contributed by atoms with E-state index in [4.69, 9.17) is 106 Å². The number of hydrogen-bond donors (Lipinski definition) is 0. The van der Waals surface area contributed by atoms with E-state index in [9.17, 15) is 0 Å². The second-order valence-corrected chi connectivity index (χ2v) is 14.4. The summed E-state index contributed by atoms with van der Waals surface area (Å²) in [6.45, 7) is 0. The van der Waals surface area contributed by atoms with Crippen LogP contribution in [0.4, 0.5) is 0 Å². The van der Waals surface area contributed by atoms with Crippen molar-refractivity contribution in [2.45, 2.75) is 0 Å². The molecule has 0 fully saturated rings. The van der Waals surface area contributed by atoms with Crippen molar-refractivity contribution in [3.05, 3.63) is 109 Å². The van der Waals surface area contributed by atoms with Crippen LogP contribution >= 0.6 is 0 Å². The van der Waals surface area contributed by atoms with Crippen LogP contribution in [0.3, 0.4) is 0 Å². The van der Waals surface area contributed by atoms with Gasteiger partial charge < -0.3 is 4.42 Å². The molecule has 252 valence electrons. The Morgan fingerprint density at radius 1 is 0.267 bits per heavy atom. The molecule has 0 N–H and O–H groups in total. The van der Waals surface area contributed by atoms with E-state index >= 15 is 0 Å². The van der Waals surface area contributed by atoms with E-state index in [1.807, 2.05) is 109 Å². The lowest BCUT2D eigenvalue weighted by Crippen LogP contribution is -2.56. The summed E-state index contributed by atoms with van der Waals surface area (Å²) in [7, 11) is 72.4. The third-order valence-electron chi connectivity index (χ3n) is 10.9. The fourth-order valence-corrected chi connectivity index (χ4v) is 7.64. The summed E-state index contributed by atoms with van der Waals surface area (Å²) in [6.07, 6.45) is 0. The van der Waals surface area contributed by atoms with Crippen LogP contribution in [0.2, 0.25) is 0 Å². The van der Waals surface area contributed by atoms with Gasteiger partial charge in [-0.25, -0.2) is 15.0 Å². The van der Waals surface area contributed by atoms with Crippen molar-refractivity contribution in [1.82, 2.24) is 15.0 Å². The lowest BCUT2D eigenvalue weighted by molar-refractivity contribution is 0.675. The average Bonchev–Trinajstić information content (AvgIpc) is 3.70. The molecule has 2 aromatic heterocycles. The molecule has 7 aromatic carbocycles. The molecular formula is C45H18B11N3O. The summed E-state index contributed by atoms with van der Waals surface area (Å²) in [5.74, 6) is 0.881. The lowest BCUT2D eigenvalue weighted by atomic mass is 9.57. The maximum Gasteiger partial charge on any atom is 0.164 e. The molecule has 0 amide bonds. The van der Waals surface area contributed by atoms with Gasteiger partial charge in [-0.3, -0.25) is 0 Å². The Kier molecular flexibility index (Phi) is 10.1. The van der Waals surface area contributed by atoms with E-state index < -0.39 is 0 Å². The molecule has 0 spiro atoms. The Labute approximate surface area is 362 Å². The Bertz CT molecular complexity index is 3060. The zero-order chi connectivity index (χ0) is 42.1. The highest BCUT2D eigenvalue weighted by atomic mass is 16.3. The normalized spacial score (nSPS) is 11.4. The second-order valence-electron chi connectivity index (χ2n) is 14.4. The van der Waals surface area contributed by atoms with Gasteiger partial charge in [-0.1, -0.05) is 147 Å². The molecule has 0 aliphatic rings. The van der Waals surface area contributed by atoms with Gasteiger partial charge in [-0.15, -0.1) is 16.4 Å². The highest BCUT2D eigenvalue weighted by Gasteiger charge is 2.26. The maximum absolute atomic E-state index is 6.99. The average molecular weight is 736 g/mol. The van der Waals surface area contributed by atoms with Crippen molar-refractivity contribution in [1.29, 1.82) is 0 Å². The molecule has 0 saturated carbocycles. The van der Waals surface area contributed by atoms with Crippen LogP contribution in [0.25, 0.3) is 89.5 Å². The van der Waals surface area contributed by atoms with Crippen LogP contribution in [0.5, 0.6) is 0 Å². The summed E-state index contributed by atoms with van der Waals surface area (Å²) in [4.78, 5) is 14.8. The summed E-state index contributed by atoms with van der Waals surface area (Å²) < 4.78 is 6.38. The Hall–Kier alpha value is -5.94. The molecule has 15 heteroatoms. The molecular weight excluding hydrogens is 717 g/mol. The monoisotopic (exact) mass is 737 g/mol. The summed E-state index contributed by atoms with van der Waals surface area (Å²) >= 11 is 0. The van der Waals surface area contributed by atoms with Crippen molar-refractivity contribution in [2.24, 2.45) is 0 Å². The highest BCUT2D eigenvalue weighted by molar-refractivity contribution is 6.71. The quantitative estimate of drug-likeness (QED) is 0.196. The van der Waals surface area contributed by atoms with Crippen LogP contribution in [0.1, 0.15) is 0 Å². The van der Waals surface area contributed by atoms with Crippen LogP contribution in [-0.4, -0.2) is 101 Å². The van der Waals surface area contributed by atoms with Gasteiger partial charge in [0.2, 0.25) is 0 Å². The van der Waals surface area contributed by atoms with Gasteiger partial charge in [0.1, 0.15) is 97.5 Å². The second kappa shape index (κ2) is 15.3. The first-order valence-electron chi connectivity index (χ1n) is 18.6. The first-order chi connectivity index (χ1) is 28.8. The molecule has 0 saturated heterocycles. The maximum atomic E-state index is 6.99. The lowest BCUT2D eigenvalue weighted by Gasteiger charge is -2.25. The first-order valence-corrected chi connectivity index (χ1v) is 18.6. The summed E-state index contributed by atoms with van der Waals surface area (Å²) in [5.41, 5.74) is 6.61. The van der Waals surface area contributed by atoms with Crippen molar-refractivity contribution >= 4 is 168 Å². The minimum atomic E-state index is -0.00492. The van der Waals surface area contributed by atoms with Gasteiger partial charge in [0.25, 0.3) is 0 Å². The number of nitrogens with zero attached hydrogens (tertiary/aromatic N) is 3. The van der Waals surface area contributed by atoms with Crippen molar-refractivity contribution in [3.8, 4) is 67.5 Å². The zero-order valence-corrected chi connectivity index (χ0v) is 32.0. The van der Waals surface area contributed by atoms with Crippen molar-refractivity contribution < 1.29 is 4.42 Å². The smallest absolute Gasteiger partial charge is 0.164 e. The van der Waals surface area contributed by atoms with Crippen molar-refractivity contribution in [2.75, 3.05) is 0 Å². The van der Waals surface area contributed by atoms with Crippen LogP contribution in [-0.2, 0) is 0 Å². The Morgan fingerprint density at radius 2 is 0.600 bits per heavy atom. The molecule has 0 unspecified atom stereocenters. The number of fused-ring (bicyclic) bond motifs is 3. The SMILES string of the molecule is [B]c1c([B])c([B])c(-c2c([B])c([B])c3oc4c([B])c(-c5nc(-c6ccc(-c7ccccc7)cc6)nc(-c6ccc(-c7ccccc7)cc6)n5)c([B])c([B])c4c3c2[B])c([B])c1[B]. The van der Waals surface area contributed by atoms with E-state index in [1.54, 1.807) is 0 Å². The molecule has 9 aromatic rings. The fraction of sp³-hybridized carbons (Fsp3) is 0. The molecule has 0 aliphatic carbocycles. The van der Waals surface area contributed by atoms with E-state index in [0.29, 0.717) is 11.6 Å². The van der Waals surface area contributed by atoms with Gasteiger partial charge in [0.15, 0.2) is 17.5 Å². The van der Waals surface area contributed by atoms with Gasteiger partial charge in [-0.2, -0.15) is 0 Å². The summed E-state index contributed by atoms with van der Waals surface area (Å²) in [5, 5.41) is 0.529. The molecule has 0 bridgehead atoms. The minimum absolute atomic E-state index is 0.000257. The predicted molar refractivity (Wildman–Crippen MR) is 259 cm³/mol. The predicted octanol–water partition coefficient (Wildman–Crippen LogP) is -1.50. The molecule has 4 nitrogen and oxygen atoms in total. The molecule has 22 radical (unpaired) electrons. The standard InChI is InChI=1S/C45H18B11N3O/c46-30-25(26-31(47)37(53)39(55)38(54)32(26)48)33(49)40(56)42-27(30)28-34(50)35(51)29(36(52)41(28)60-42)45-58-43(23-15-11-21(12-16-23)19-7-3-1-4-8-19)57-44(59-45)24-17-13-22(14-18-24)20-9-5-2-6-10-20/h1-18H. The third kappa shape index (κ3) is 6.36. The summed E-state index contributed by atoms with van der Waals surface area (Å²) in [6, 6.07) is 35.9. The largest absolute Gasteiger partial charge is 0.457 e. The van der Waals surface area contributed by atoms with E-state index in [2.05, 4.69) is 0 Å². The van der Waals surface area contributed by atoms with Gasteiger partial charge in [0.05, 0.1) is 0 Å². The Balaban J connectivity index is 1.26. The van der Waals surface area contributed by atoms with Gasteiger partial charge in [-0.05, 0) is 38.8 Å². The number of benzene rings is 7. The van der Waals surface area contributed by atoms with E-state index in [-0.39, 0.29) is 105 Å². The first kappa shape index (κ1) is 39.5.